The van der Waals surface area contributed by atoms with Gasteiger partial charge in [0, 0.05) is 19.4 Å². The first-order chi connectivity index (χ1) is 7.49. The van der Waals surface area contributed by atoms with Crippen LogP contribution in [0, 0.1) is 0 Å². The third-order valence-electron chi connectivity index (χ3n) is 1.69. The van der Waals surface area contributed by atoms with Crippen LogP contribution < -0.4 is 0 Å². The first-order valence-corrected chi connectivity index (χ1v) is 4.62. The summed E-state index contributed by atoms with van der Waals surface area (Å²) in [4.78, 5) is 21.6. The van der Waals surface area contributed by atoms with E-state index in [0.29, 0.717) is 5.56 Å². The van der Waals surface area contributed by atoms with E-state index in [9.17, 15) is 14.7 Å². The van der Waals surface area contributed by atoms with Crippen molar-refractivity contribution < 1.29 is 24.2 Å². The fourth-order valence-corrected chi connectivity index (χ4v) is 1.13. The summed E-state index contributed by atoms with van der Waals surface area (Å²) in [5.41, 5.74) is 0.394. The highest BCUT2D eigenvalue weighted by atomic mass is 16.7. The molecule has 5 heteroatoms. The summed E-state index contributed by atoms with van der Waals surface area (Å²) < 4.78 is 9.62. The number of rotatable bonds is 3. The Balaban J connectivity index is 2.90. The van der Waals surface area contributed by atoms with Gasteiger partial charge in [-0.05, 0) is 12.1 Å². The van der Waals surface area contributed by atoms with Crippen LogP contribution >= 0.6 is 0 Å². The summed E-state index contributed by atoms with van der Waals surface area (Å²) in [6.07, 6.45) is -1.12. The molecule has 0 unspecified atom stereocenters. The second-order valence-corrected chi connectivity index (χ2v) is 3.15. The molecular weight excluding hydrogens is 212 g/mol. The summed E-state index contributed by atoms with van der Waals surface area (Å²) in [6.45, 7) is 2.42. The molecule has 0 heterocycles. The molecular formula is C11H12O5. The van der Waals surface area contributed by atoms with Crippen LogP contribution in [0.5, 0.6) is 5.75 Å². The molecule has 0 saturated heterocycles. The molecule has 0 aromatic heterocycles. The van der Waals surface area contributed by atoms with Crippen LogP contribution in [0.25, 0.3) is 0 Å². The quantitative estimate of drug-likeness (QED) is 0.622. The first kappa shape index (κ1) is 12.0. The van der Waals surface area contributed by atoms with Crippen molar-refractivity contribution in [1.82, 2.24) is 0 Å². The number of aromatic hydroxyl groups is 1. The molecule has 0 radical (unpaired) electrons. The average molecular weight is 224 g/mol. The summed E-state index contributed by atoms with van der Waals surface area (Å²) in [5, 5.41) is 9.25. The zero-order chi connectivity index (χ0) is 12.1. The molecule has 1 aromatic rings. The second-order valence-electron chi connectivity index (χ2n) is 3.15. The molecule has 0 fully saturated rings. The molecule has 16 heavy (non-hydrogen) atoms. The Morgan fingerprint density at radius 2 is 1.75 bits per heavy atom. The van der Waals surface area contributed by atoms with Gasteiger partial charge in [-0.25, -0.2) is 0 Å². The maximum absolute atomic E-state index is 10.8. The minimum absolute atomic E-state index is 0.00167. The summed E-state index contributed by atoms with van der Waals surface area (Å²) in [7, 11) is 0. The van der Waals surface area contributed by atoms with Crippen molar-refractivity contribution >= 4 is 11.9 Å². The second kappa shape index (κ2) is 5.16. The van der Waals surface area contributed by atoms with Gasteiger partial charge in [-0.1, -0.05) is 12.1 Å². The van der Waals surface area contributed by atoms with E-state index in [1.165, 1.54) is 26.0 Å². The molecule has 0 bridgehead atoms. The summed E-state index contributed by atoms with van der Waals surface area (Å²) in [5.74, 6) is -1.15. The molecule has 0 saturated carbocycles. The van der Waals surface area contributed by atoms with Crippen LogP contribution in [-0.2, 0) is 19.1 Å². The van der Waals surface area contributed by atoms with Crippen LogP contribution in [-0.4, -0.2) is 17.0 Å². The van der Waals surface area contributed by atoms with E-state index in [1.807, 2.05) is 0 Å². The Labute approximate surface area is 92.6 Å². The Morgan fingerprint density at radius 1 is 1.19 bits per heavy atom. The number of esters is 2. The molecule has 0 aliphatic carbocycles. The number of carbonyl (C=O) groups excluding carboxylic acids is 2. The number of phenolic OH excluding ortho intramolecular Hbond substituents is 1. The molecule has 0 spiro atoms. The highest BCUT2D eigenvalue weighted by Gasteiger charge is 2.18. The SMILES string of the molecule is CC(=O)OC(OC(C)=O)c1cccc(O)c1. The van der Waals surface area contributed by atoms with E-state index in [2.05, 4.69) is 0 Å². The van der Waals surface area contributed by atoms with E-state index in [0.717, 1.165) is 0 Å². The summed E-state index contributed by atoms with van der Waals surface area (Å²) >= 11 is 0. The van der Waals surface area contributed by atoms with Crippen LogP contribution in [0.2, 0.25) is 0 Å². The lowest BCUT2D eigenvalue weighted by molar-refractivity contribution is -0.186. The zero-order valence-electron chi connectivity index (χ0n) is 8.97. The van der Waals surface area contributed by atoms with Crippen LogP contribution in [0.1, 0.15) is 25.7 Å². The maximum atomic E-state index is 10.8. The lowest BCUT2D eigenvalue weighted by atomic mass is 10.2. The van der Waals surface area contributed by atoms with Gasteiger partial charge in [-0.15, -0.1) is 0 Å². The minimum atomic E-state index is -1.12. The molecule has 1 N–H and O–H groups in total. The normalized spacial score (nSPS) is 9.94. The largest absolute Gasteiger partial charge is 0.508 e. The van der Waals surface area contributed by atoms with E-state index < -0.39 is 18.2 Å². The van der Waals surface area contributed by atoms with Gasteiger partial charge in [-0.2, -0.15) is 0 Å². The van der Waals surface area contributed by atoms with E-state index in [4.69, 9.17) is 9.47 Å². The predicted octanol–water partition coefficient (Wildman–Crippen LogP) is 1.52. The maximum Gasteiger partial charge on any atom is 0.305 e. The van der Waals surface area contributed by atoms with Gasteiger partial charge < -0.3 is 14.6 Å². The van der Waals surface area contributed by atoms with Crippen molar-refractivity contribution in [1.29, 1.82) is 0 Å². The van der Waals surface area contributed by atoms with Gasteiger partial charge in [0.2, 0.25) is 0 Å². The third kappa shape index (κ3) is 3.61. The van der Waals surface area contributed by atoms with Crippen molar-refractivity contribution in [3.8, 4) is 5.75 Å². The van der Waals surface area contributed by atoms with Crippen molar-refractivity contribution in [2.45, 2.75) is 20.1 Å². The highest BCUT2D eigenvalue weighted by molar-refractivity contribution is 5.68. The van der Waals surface area contributed by atoms with Crippen LogP contribution in [0.3, 0.4) is 0 Å². The summed E-state index contributed by atoms with van der Waals surface area (Å²) in [6, 6.07) is 5.96. The lowest BCUT2D eigenvalue weighted by Crippen LogP contribution is -2.14. The smallest absolute Gasteiger partial charge is 0.305 e. The molecule has 1 rings (SSSR count). The highest BCUT2D eigenvalue weighted by Crippen LogP contribution is 2.22. The fraction of sp³-hybridized carbons (Fsp3) is 0.273. The van der Waals surface area contributed by atoms with Gasteiger partial charge in [0.1, 0.15) is 5.75 Å². The molecule has 0 aliphatic rings. The number of benzene rings is 1. The lowest BCUT2D eigenvalue weighted by Gasteiger charge is -2.16. The number of carbonyl (C=O) groups is 2. The topological polar surface area (TPSA) is 72.8 Å². The van der Waals surface area contributed by atoms with Crippen molar-refractivity contribution in [2.24, 2.45) is 0 Å². The Bertz CT molecular complexity index is 383. The Morgan fingerprint density at radius 3 is 2.19 bits per heavy atom. The Kier molecular flexibility index (Phi) is 3.88. The van der Waals surface area contributed by atoms with Gasteiger partial charge >= 0.3 is 11.9 Å². The molecule has 0 aliphatic heterocycles. The van der Waals surface area contributed by atoms with Gasteiger partial charge in [-0.3, -0.25) is 9.59 Å². The Hall–Kier alpha value is -2.04. The molecule has 86 valence electrons. The fourth-order valence-electron chi connectivity index (χ4n) is 1.13. The van der Waals surface area contributed by atoms with Crippen molar-refractivity contribution in [2.75, 3.05) is 0 Å². The zero-order valence-corrected chi connectivity index (χ0v) is 8.97. The number of ether oxygens (including phenoxy) is 2. The van der Waals surface area contributed by atoms with Gasteiger partial charge in [0.05, 0.1) is 0 Å². The average Bonchev–Trinajstić information content (AvgIpc) is 2.15. The number of hydrogen-bond acceptors (Lipinski definition) is 5. The predicted molar refractivity (Wildman–Crippen MR) is 54.4 cm³/mol. The molecule has 1 aromatic carbocycles. The van der Waals surface area contributed by atoms with E-state index in [-0.39, 0.29) is 5.75 Å². The van der Waals surface area contributed by atoms with Gasteiger partial charge in [0.15, 0.2) is 0 Å². The number of phenols is 1. The van der Waals surface area contributed by atoms with Crippen molar-refractivity contribution in [3.05, 3.63) is 29.8 Å². The van der Waals surface area contributed by atoms with Crippen LogP contribution in [0.15, 0.2) is 24.3 Å². The van der Waals surface area contributed by atoms with E-state index in [1.54, 1.807) is 12.1 Å². The van der Waals surface area contributed by atoms with E-state index >= 15 is 0 Å². The van der Waals surface area contributed by atoms with Crippen molar-refractivity contribution in [3.63, 3.8) is 0 Å². The minimum Gasteiger partial charge on any atom is -0.508 e. The standard InChI is InChI=1S/C11H12O5/c1-7(12)15-11(16-8(2)13)9-4-3-5-10(14)6-9/h3-6,11,14H,1-2H3. The number of hydrogen-bond donors (Lipinski definition) is 1. The molecule has 0 amide bonds. The van der Waals surface area contributed by atoms with Crippen LogP contribution in [0.4, 0.5) is 0 Å². The first-order valence-electron chi connectivity index (χ1n) is 4.62. The monoisotopic (exact) mass is 224 g/mol. The molecule has 0 atom stereocenters. The third-order valence-corrected chi connectivity index (χ3v) is 1.69. The van der Waals surface area contributed by atoms with Gasteiger partial charge in [0.25, 0.3) is 6.29 Å². The molecule has 5 nitrogen and oxygen atoms in total.